The summed E-state index contributed by atoms with van der Waals surface area (Å²) in [5, 5.41) is 3.65. The maximum absolute atomic E-state index is 3.65. The first kappa shape index (κ1) is 21.1. The normalized spacial score (nSPS) is 17.6. The van der Waals surface area contributed by atoms with Crippen LogP contribution in [0, 0.1) is 0 Å². The Morgan fingerprint density at radius 1 is 0.955 bits per heavy atom. The predicted octanol–water partition coefficient (Wildman–Crippen LogP) is 4.70. The molecule has 1 fully saturated rings. The fourth-order valence-corrected chi connectivity index (χ4v) is 3.32. The van der Waals surface area contributed by atoms with Gasteiger partial charge in [-0.2, -0.15) is 0 Å². The predicted molar refractivity (Wildman–Crippen MR) is 101 cm³/mol. The van der Waals surface area contributed by atoms with Crippen LogP contribution in [0.4, 0.5) is 0 Å². The van der Waals surface area contributed by atoms with E-state index in [2.05, 4.69) is 68.5 Å². The number of benzene rings is 1. The molecule has 2 rings (SSSR count). The molecule has 0 aliphatic carbocycles. The van der Waals surface area contributed by atoms with Crippen LogP contribution in [-0.2, 0) is 5.41 Å². The van der Waals surface area contributed by atoms with Crippen molar-refractivity contribution >= 4 is 0 Å². The van der Waals surface area contributed by atoms with Crippen LogP contribution in [0.1, 0.15) is 59.9 Å². The lowest BCUT2D eigenvalue weighted by Crippen LogP contribution is -2.61. The minimum absolute atomic E-state index is 0.157. The standard InChI is InChI=1S/C16H26N2.2C2H6/c1-15(2,14-8-6-5-7-9-14)16(17-3)10-12-18(4)13-11-16;2*1-2/h5-9,17H,10-13H2,1-4H3;2*1-2H3. The average molecular weight is 307 g/mol. The highest BCUT2D eigenvalue weighted by Gasteiger charge is 2.45. The van der Waals surface area contributed by atoms with E-state index < -0.39 is 0 Å². The Morgan fingerprint density at radius 2 is 1.41 bits per heavy atom. The summed E-state index contributed by atoms with van der Waals surface area (Å²) in [7, 11) is 4.34. The molecule has 1 aromatic rings. The molecule has 128 valence electrons. The maximum Gasteiger partial charge on any atom is 0.0294 e. The summed E-state index contributed by atoms with van der Waals surface area (Å²) in [6.07, 6.45) is 2.42. The van der Waals surface area contributed by atoms with E-state index >= 15 is 0 Å². The number of rotatable bonds is 3. The van der Waals surface area contributed by atoms with Crippen molar-refractivity contribution in [2.24, 2.45) is 0 Å². The van der Waals surface area contributed by atoms with Crippen molar-refractivity contribution in [1.29, 1.82) is 0 Å². The molecule has 1 aliphatic rings. The van der Waals surface area contributed by atoms with Crippen molar-refractivity contribution in [2.45, 2.75) is 65.3 Å². The maximum atomic E-state index is 3.65. The molecule has 0 spiro atoms. The summed E-state index contributed by atoms with van der Waals surface area (Å²) < 4.78 is 0. The van der Waals surface area contributed by atoms with Gasteiger partial charge in [0.2, 0.25) is 0 Å². The molecule has 0 atom stereocenters. The van der Waals surface area contributed by atoms with E-state index in [0.717, 1.165) is 0 Å². The van der Waals surface area contributed by atoms with Crippen molar-refractivity contribution in [1.82, 2.24) is 10.2 Å². The molecule has 1 aliphatic heterocycles. The molecule has 1 aromatic carbocycles. The second-order valence-corrected chi connectivity index (χ2v) is 6.13. The van der Waals surface area contributed by atoms with Crippen LogP contribution in [0.3, 0.4) is 0 Å². The fraction of sp³-hybridized carbons (Fsp3) is 0.700. The Labute approximate surface area is 139 Å². The molecule has 0 bridgehead atoms. The number of hydrogen-bond donors (Lipinski definition) is 1. The first-order valence-corrected chi connectivity index (χ1v) is 8.95. The summed E-state index contributed by atoms with van der Waals surface area (Å²) in [5.41, 5.74) is 1.80. The monoisotopic (exact) mass is 306 g/mol. The zero-order chi connectivity index (χ0) is 17.2. The molecule has 0 aromatic heterocycles. The molecule has 22 heavy (non-hydrogen) atoms. The molecule has 1 heterocycles. The first-order valence-electron chi connectivity index (χ1n) is 8.95. The van der Waals surface area contributed by atoms with Gasteiger partial charge in [-0.05, 0) is 45.6 Å². The summed E-state index contributed by atoms with van der Waals surface area (Å²) in [4.78, 5) is 2.43. The minimum atomic E-state index is 0.157. The molecule has 0 amide bonds. The van der Waals surface area contributed by atoms with Gasteiger partial charge in [0.1, 0.15) is 0 Å². The first-order chi connectivity index (χ1) is 10.5. The highest BCUT2D eigenvalue weighted by molar-refractivity contribution is 5.29. The van der Waals surface area contributed by atoms with Gasteiger partial charge in [-0.15, -0.1) is 0 Å². The van der Waals surface area contributed by atoms with Crippen LogP contribution in [0.5, 0.6) is 0 Å². The molecule has 0 radical (unpaired) electrons. The highest BCUT2D eigenvalue weighted by atomic mass is 15.1. The Bertz CT molecular complexity index is 376. The Balaban J connectivity index is 0.00000102. The number of likely N-dealkylation sites (N-methyl/N-ethyl adjacent to an activating group) is 1. The van der Waals surface area contributed by atoms with Crippen LogP contribution in [-0.4, -0.2) is 37.6 Å². The third-order valence-electron chi connectivity index (χ3n) is 5.01. The van der Waals surface area contributed by atoms with E-state index in [1.54, 1.807) is 0 Å². The molecule has 2 nitrogen and oxygen atoms in total. The summed E-state index contributed by atoms with van der Waals surface area (Å²) in [5.74, 6) is 0. The molecular formula is C20H38N2. The van der Waals surface area contributed by atoms with Gasteiger partial charge in [0.05, 0.1) is 0 Å². The number of hydrogen-bond acceptors (Lipinski definition) is 2. The van der Waals surface area contributed by atoms with Gasteiger partial charge in [-0.3, -0.25) is 0 Å². The molecule has 0 saturated carbocycles. The topological polar surface area (TPSA) is 15.3 Å². The Hall–Kier alpha value is -0.860. The number of nitrogens with one attached hydrogen (secondary N) is 1. The van der Waals surface area contributed by atoms with Crippen LogP contribution >= 0.6 is 0 Å². The van der Waals surface area contributed by atoms with Crippen LogP contribution in [0.2, 0.25) is 0 Å². The largest absolute Gasteiger partial charge is 0.313 e. The summed E-state index contributed by atoms with van der Waals surface area (Å²) >= 11 is 0. The van der Waals surface area contributed by atoms with E-state index in [1.165, 1.54) is 31.5 Å². The third-order valence-corrected chi connectivity index (χ3v) is 5.01. The second-order valence-electron chi connectivity index (χ2n) is 6.13. The fourth-order valence-electron chi connectivity index (χ4n) is 3.32. The molecule has 1 N–H and O–H groups in total. The Kier molecular flexibility index (Phi) is 9.63. The van der Waals surface area contributed by atoms with Gasteiger partial charge in [0.15, 0.2) is 0 Å². The zero-order valence-electron chi connectivity index (χ0n) is 16.2. The summed E-state index contributed by atoms with van der Waals surface area (Å²) in [6, 6.07) is 10.9. The van der Waals surface area contributed by atoms with Gasteiger partial charge in [-0.1, -0.05) is 71.9 Å². The van der Waals surface area contributed by atoms with Crippen LogP contribution in [0.15, 0.2) is 30.3 Å². The molecule has 0 unspecified atom stereocenters. The molecular weight excluding hydrogens is 268 g/mol. The zero-order valence-corrected chi connectivity index (χ0v) is 16.2. The molecule has 1 saturated heterocycles. The van der Waals surface area contributed by atoms with Crippen molar-refractivity contribution in [3.8, 4) is 0 Å². The van der Waals surface area contributed by atoms with Crippen molar-refractivity contribution in [3.05, 3.63) is 35.9 Å². The smallest absolute Gasteiger partial charge is 0.0294 e. The summed E-state index contributed by atoms with van der Waals surface area (Å²) in [6.45, 7) is 15.1. The SMILES string of the molecule is CC.CC.CNC1(C(C)(C)c2ccccc2)CCN(C)CC1. The van der Waals surface area contributed by atoms with E-state index in [9.17, 15) is 0 Å². The lowest BCUT2D eigenvalue weighted by Gasteiger charge is -2.51. The van der Waals surface area contributed by atoms with Gasteiger partial charge >= 0.3 is 0 Å². The average Bonchev–Trinajstić information content (AvgIpc) is 2.60. The van der Waals surface area contributed by atoms with Gasteiger partial charge in [0.25, 0.3) is 0 Å². The highest BCUT2D eigenvalue weighted by Crippen LogP contribution is 2.41. The number of piperidine rings is 1. The van der Waals surface area contributed by atoms with Gasteiger partial charge in [0, 0.05) is 11.0 Å². The van der Waals surface area contributed by atoms with Gasteiger partial charge in [-0.25, -0.2) is 0 Å². The van der Waals surface area contributed by atoms with E-state index in [4.69, 9.17) is 0 Å². The quantitative estimate of drug-likeness (QED) is 0.870. The lowest BCUT2D eigenvalue weighted by molar-refractivity contribution is 0.0998. The van der Waals surface area contributed by atoms with Crippen LogP contribution in [0.25, 0.3) is 0 Å². The van der Waals surface area contributed by atoms with Crippen molar-refractivity contribution in [3.63, 3.8) is 0 Å². The van der Waals surface area contributed by atoms with E-state index in [1.807, 2.05) is 27.7 Å². The van der Waals surface area contributed by atoms with Crippen molar-refractivity contribution < 1.29 is 0 Å². The number of nitrogens with zero attached hydrogens (tertiary/aromatic N) is 1. The van der Waals surface area contributed by atoms with E-state index in [-0.39, 0.29) is 11.0 Å². The second kappa shape index (κ2) is 10.0. The third kappa shape index (κ3) is 4.57. The van der Waals surface area contributed by atoms with E-state index in [0.29, 0.717) is 0 Å². The minimum Gasteiger partial charge on any atom is -0.313 e. The lowest BCUT2D eigenvalue weighted by atomic mass is 9.63. The number of likely N-dealkylation sites (tertiary alicyclic amines) is 1. The van der Waals surface area contributed by atoms with Crippen LogP contribution < -0.4 is 5.32 Å². The van der Waals surface area contributed by atoms with Crippen molar-refractivity contribution in [2.75, 3.05) is 27.2 Å². The Morgan fingerprint density at radius 3 is 1.82 bits per heavy atom. The molecule has 2 heteroatoms. The van der Waals surface area contributed by atoms with Gasteiger partial charge < -0.3 is 10.2 Å².